The highest BCUT2D eigenvalue weighted by atomic mass is 16.1. The second kappa shape index (κ2) is 5.35. The third-order valence-corrected chi connectivity index (χ3v) is 5.50. The number of carbonyl (C=O) groups excluding carboxylic acids is 1. The predicted molar refractivity (Wildman–Crippen MR) is 90.1 cm³/mol. The van der Waals surface area contributed by atoms with Crippen LogP contribution in [-0.2, 0) is 6.42 Å². The fraction of sp³-hybridized carbons (Fsp3) is 0.333. The Balaban J connectivity index is 1.73. The number of ketones is 1. The van der Waals surface area contributed by atoms with E-state index >= 15 is 0 Å². The van der Waals surface area contributed by atoms with Gasteiger partial charge in [-0.1, -0.05) is 43.5 Å². The van der Waals surface area contributed by atoms with Gasteiger partial charge in [0.15, 0.2) is 5.78 Å². The lowest BCUT2D eigenvalue weighted by Crippen LogP contribution is -2.30. The number of hydrogen-bond acceptors (Lipinski definition) is 2. The summed E-state index contributed by atoms with van der Waals surface area (Å²) in [6, 6.07) is 16.0. The lowest BCUT2D eigenvalue weighted by atomic mass is 9.71. The fourth-order valence-electron chi connectivity index (χ4n) is 4.25. The number of Topliss-reactive ketones (excluding diaryl/α,β-unsaturated/α-hetero) is 1. The van der Waals surface area contributed by atoms with Gasteiger partial charge in [-0.3, -0.25) is 4.79 Å². The van der Waals surface area contributed by atoms with Crippen LogP contribution < -0.4 is 0 Å². The van der Waals surface area contributed by atoms with Gasteiger partial charge in [-0.05, 0) is 54.2 Å². The second-order valence-electron chi connectivity index (χ2n) is 6.91. The van der Waals surface area contributed by atoms with E-state index in [1.807, 2.05) is 24.3 Å². The number of nitriles is 1. The van der Waals surface area contributed by atoms with Crippen molar-refractivity contribution in [3.63, 3.8) is 0 Å². The predicted octanol–water partition coefficient (Wildman–Crippen LogP) is 4.91. The van der Waals surface area contributed by atoms with Crippen molar-refractivity contribution in [2.75, 3.05) is 0 Å². The molecule has 1 spiro atoms. The summed E-state index contributed by atoms with van der Waals surface area (Å²) in [7, 11) is 0. The Labute approximate surface area is 136 Å². The molecule has 2 aliphatic rings. The van der Waals surface area contributed by atoms with E-state index in [9.17, 15) is 4.79 Å². The lowest BCUT2D eigenvalue weighted by molar-refractivity contribution is 0.0748. The quantitative estimate of drug-likeness (QED) is 0.750. The smallest absolute Gasteiger partial charge is 0.169 e. The summed E-state index contributed by atoms with van der Waals surface area (Å²) in [4.78, 5) is 13.0. The third kappa shape index (κ3) is 2.28. The molecule has 2 aromatic rings. The Kier molecular flexibility index (Phi) is 3.31. The minimum absolute atomic E-state index is 0.117. The first-order valence-electron chi connectivity index (χ1n) is 8.40. The molecule has 2 aliphatic carbocycles. The van der Waals surface area contributed by atoms with Crippen molar-refractivity contribution in [2.45, 2.75) is 38.5 Å². The van der Waals surface area contributed by atoms with Crippen molar-refractivity contribution < 1.29 is 4.79 Å². The molecule has 2 nitrogen and oxygen atoms in total. The molecule has 114 valence electrons. The van der Waals surface area contributed by atoms with Gasteiger partial charge in [0.1, 0.15) is 0 Å². The van der Waals surface area contributed by atoms with Gasteiger partial charge in [0.05, 0.1) is 11.6 Å². The Morgan fingerprint density at radius 2 is 1.74 bits per heavy atom. The van der Waals surface area contributed by atoms with Crippen LogP contribution in [0.1, 0.15) is 53.6 Å². The van der Waals surface area contributed by atoms with Crippen LogP contribution in [0.15, 0.2) is 42.5 Å². The molecule has 2 heteroatoms. The van der Waals surface area contributed by atoms with Gasteiger partial charge < -0.3 is 0 Å². The molecule has 1 fully saturated rings. The summed E-state index contributed by atoms with van der Waals surface area (Å²) < 4.78 is 0. The molecule has 0 heterocycles. The molecule has 23 heavy (non-hydrogen) atoms. The van der Waals surface area contributed by atoms with E-state index in [0.717, 1.165) is 36.0 Å². The average Bonchev–Trinajstić information content (AvgIpc) is 2.87. The van der Waals surface area contributed by atoms with Crippen molar-refractivity contribution in [3.05, 3.63) is 59.2 Å². The zero-order chi connectivity index (χ0) is 15.9. The topological polar surface area (TPSA) is 40.9 Å². The minimum Gasteiger partial charge on any atom is -0.294 e. The van der Waals surface area contributed by atoms with Crippen LogP contribution in [0.5, 0.6) is 0 Å². The van der Waals surface area contributed by atoms with E-state index < -0.39 is 0 Å². The maximum atomic E-state index is 13.0. The molecule has 4 rings (SSSR count). The van der Waals surface area contributed by atoms with Crippen LogP contribution in [0.4, 0.5) is 0 Å². The molecule has 0 amide bonds. The Morgan fingerprint density at radius 3 is 2.52 bits per heavy atom. The van der Waals surface area contributed by atoms with E-state index in [1.165, 1.54) is 24.8 Å². The van der Waals surface area contributed by atoms with Crippen molar-refractivity contribution in [3.8, 4) is 17.2 Å². The first-order chi connectivity index (χ1) is 11.2. The maximum absolute atomic E-state index is 13.0. The minimum atomic E-state index is -0.117. The standard InChI is InChI=1S/C21H19NO/c22-14-15-5-4-6-16(11-15)17-7-8-18-13-21(9-2-1-3-10-21)20(23)19(18)12-17/h4-8,11-12H,1-3,9-10,13H2. The monoisotopic (exact) mass is 301 g/mol. The number of fused-ring (bicyclic) bond motifs is 1. The highest BCUT2D eigenvalue weighted by Gasteiger charge is 2.45. The molecule has 0 aromatic heterocycles. The van der Waals surface area contributed by atoms with Gasteiger partial charge in [0, 0.05) is 11.0 Å². The van der Waals surface area contributed by atoms with Crippen LogP contribution in [0, 0.1) is 16.7 Å². The van der Waals surface area contributed by atoms with Gasteiger partial charge in [-0.2, -0.15) is 5.26 Å². The molecule has 0 radical (unpaired) electrons. The van der Waals surface area contributed by atoms with Crippen LogP contribution in [-0.4, -0.2) is 5.78 Å². The van der Waals surface area contributed by atoms with Gasteiger partial charge >= 0.3 is 0 Å². The van der Waals surface area contributed by atoms with Gasteiger partial charge in [0.25, 0.3) is 0 Å². The molecule has 0 N–H and O–H groups in total. The Morgan fingerprint density at radius 1 is 0.957 bits per heavy atom. The molecule has 0 saturated heterocycles. The summed E-state index contributed by atoms with van der Waals surface area (Å²) in [5.74, 6) is 0.352. The zero-order valence-electron chi connectivity index (χ0n) is 13.1. The largest absolute Gasteiger partial charge is 0.294 e. The van der Waals surface area contributed by atoms with Gasteiger partial charge in [-0.15, -0.1) is 0 Å². The molecule has 0 unspecified atom stereocenters. The molecule has 2 aromatic carbocycles. The number of rotatable bonds is 1. The molecule has 1 saturated carbocycles. The summed E-state index contributed by atoms with van der Waals surface area (Å²) in [5.41, 5.74) is 4.68. The molecule has 0 bridgehead atoms. The number of hydrogen-bond donors (Lipinski definition) is 0. The molecule has 0 atom stereocenters. The Bertz CT molecular complexity index is 822. The normalized spacial score (nSPS) is 18.7. The van der Waals surface area contributed by atoms with Crippen LogP contribution in [0.2, 0.25) is 0 Å². The third-order valence-electron chi connectivity index (χ3n) is 5.50. The average molecular weight is 301 g/mol. The number of nitrogens with zero attached hydrogens (tertiary/aromatic N) is 1. The van der Waals surface area contributed by atoms with E-state index in [2.05, 4.69) is 18.2 Å². The van der Waals surface area contributed by atoms with Gasteiger partial charge in [-0.25, -0.2) is 0 Å². The van der Waals surface area contributed by atoms with E-state index in [0.29, 0.717) is 11.3 Å². The molecular weight excluding hydrogens is 282 g/mol. The summed E-state index contributed by atoms with van der Waals surface area (Å²) >= 11 is 0. The first kappa shape index (κ1) is 14.2. The highest BCUT2D eigenvalue weighted by molar-refractivity contribution is 6.05. The van der Waals surface area contributed by atoms with Crippen molar-refractivity contribution in [2.24, 2.45) is 5.41 Å². The second-order valence-corrected chi connectivity index (χ2v) is 6.91. The van der Waals surface area contributed by atoms with Crippen molar-refractivity contribution in [1.29, 1.82) is 5.26 Å². The number of benzene rings is 2. The molecule has 0 aliphatic heterocycles. The van der Waals surface area contributed by atoms with E-state index in [4.69, 9.17) is 5.26 Å². The van der Waals surface area contributed by atoms with Gasteiger partial charge in [0.2, 0.25) is 0 Å². The first-order valence-corrected chi connectivity index (χ1v) is 8.40. The maximum Gasteiger partial charge on any atom is 0.169 e. The number of carbonyl (C=O) groups is 1. The van der Waals surface area contributed by atoms with Crippen molar-refractivity contribution >= 4 is 5.78 Å². The van der Waals surface area contributed by atoms with Crippen LogP contribution in [0.3, 0.4) is 0 Å². The SMILES string of the molecule is N#Cc1cccc(-c2ccc3c(c2)C(=O)C2(CCCCC2)C3)c1. The highest BCUT2D eigenvalue weighted by Crippen LogP contribution is 2.47. The van der Waals surface area contributed by atoms with E-state index in [-0.39, 0.29) is 5.41 Å². The van der Waals surface area contributed by atoms with Crippen LogP contribution in [0.25, 0.3) is 11.1 Å². The summed E-state index contributed by atoms with van der Waals surface area (Å²) in [6.07, 6.45) is 6.62. The zero-order valence-corrected chi connectivity index (χ0v) is 13.1. The summed E-state index contributed by atoms with van der Waals surface area (Å²) in [5, 5.41) is 9.07. The lowest BCUT2D eigenvalue weighted by Gasteiger charge is -2.31. The Hall–Kier alpha value is -2.40. The van der Waals surface area contributed by atoms with E-state index in [1.54, 1.807) is 6.07 Å². The van der Waals surface area contributed by atoms with Crippen molar-refractivity contribution in [1.82, 2.24) is 0 Å². The fourth-order valence-corrected chi connectivity index (χ4v) is 4.25. The summed E-state index contributed by atoms with van der Waals surface area (Å²) in [6.45, 7) is 0. The van der Waals surface area contributed by atoms with Crippen LogP contribution >= 0.6 is 0 Å². The molecular formula is C21H19NO.